The molecule has 19 heteroatoms. The quantitative estimate of drug-likeness (QED) is 0.0712. The Morgan fingerprint density at radius 2 is 1.71 bits per heavy atom. The molecule has 0 saturated heterocycles. The number of carboxylic acids is 2. The zero-order valence-electron chi connectivity index (χ0n) is 21.2. The lowest BCUT2D eigenvalue weighted by molar-refractivity contribution is -0.385. The number of hydrogen-bond donors (Lipinski definition) is 5. The van der Waals surface area contributed by atoms with Crippen molar-refractivity contribution in [3.63, 3.8) is 0 Å². The Balaban J connectivity index is 0.00000106. The fourth-order valence-corrected chi connectivity index (χ4v) is 4.27. The average molecular weight is 610 g/mol. The van der Waals surface area contributed by atoms with Gasteiger partial charge in [-0.05, 0) is 41.8 Å². The smallest absolute Gasteiger partial charge is 0.490 e. The Bertz CT molecular complexity index is 1350. The number of sulfonamides is 1. The van der Waals surface area contributed by atoms with E-state index in [0.717, 1.165) is 6.07 Å². The number of nitrogens with one attached hydrogen (secondary N) is 1. The lowest BCUT2D eigenvalue weighted by atomic mass is 10.1. The number of benzene rings is 2. The number of oxime groups is 1. The van der Waals surface area contributed by atoms with E-state index in [-0.39, 0.29) is 29.4 Å². The number of nitro groups is 1. The number of non-ortho nitro benzene ring substituents is 1. The standard InChI is InChI=1S/C20H25N5O8S.C2HF3O2/c1-13-3-6-15(25(28)29)12-18(13)34(30,31)24-17(19(26)27)11-14-4-7-16(8-5-14)32-9-2-10-33-23-20(21)22;3-2(4,5)1(6)7/h3-8,12,17,24H,2,9-11H2,1H3,(H,26,27)(H4,21,22,23);(H,6,7)/t17-;/m0./s1. The molecule has 7 N–H and O–H groups in total. The number of halogens is 3. The summed E-state index contributed by atoms with van der Waals surface area (Å²) < 4.78 is 64.9. The lowest BCUT2D eigenvalue weighted by Crippen LogP contribution is -2.42. The number of alkyl halides is 3. The summed E-state index contributed by atoms with van der Waals surface area (Å²) in [5.41, 5.74) is 10.6. The maximum Gasteiger partial charge on any atom is 0.490 e. The summed E-state index contributed by atoms with van der Waals surface area (Å²) in [7, 11) is -4.34. The molecule has 0 amide bonds. The van der Waals surface area contributed by atoms with E-state index in [1.54, 1.807) is 24.3 Å². The Hall–Kier alpha value is -4.65. The molecule has 0 aromatic heterocycles. The van der Waals surface area contributed by atoms with E-state index in [1.165, 1.54) is 19.1 Å². The van der Waals surface area contributed by atoms with Gasteiger partial charge < -0.3 is 31.3 Å². The first-order valence-electron chi connectivity index (χ1n) is 11.2. The highest BCUT2D eigenvalue weighted by molar-refractivity contribution is 7.89. The molecule has 2 aromatic carbocycles. The van der Waals surface area contributed by atoms with Gasteiger partial charge in [0.15, 0.2) is 0 Å². The summed E-state index contributed by atoms with van der Waals surface area (Å²) in [6.45, 7) is 2.03. The van der Waals surface area contributed by atoms with Gasteiger partial charge in [-0.2, -0.15) is 17.9 Å². The molecule has 0 aliphatic heterocycles. The molecule has 0 bridgehead atoms. The molecule has 0 aliphatic rings. The van der Waals surface area contributed by atoms with Crippen LogP contribution in [-0.4, -0.2) is 66.9 Å². The maximum absolute atomic E-state index is 12.8. The first kappa shape index (κ1) is 34.4. The predicted molar refractivity (Wildman–Crippen MR) is 135 cm³/mol. The summed E-state index contributed by atoms with van der Waals surface area (Å²) in [5, 5.41) is 31.0. The van der Waals surface area contributed by atoms with Crippen molar-refractivity contribution in [2.45, 2.75) is 36.9 Å². The molecule has 15 nitrogen and oxygen atoms in total. The van der Waals surface area contributed by atoms with E-state index in [2.05, 4.69) is 9.88 Å². The molecule has 41 heavy (non-hydrogen) atoms. The summed E-state index contributed by atoms with van der Waals surface area (Å²) in [5.74, 6) is -3.82. The summed E-state index contributed by atoms with van der Waals surface area (Å²) in [6, 6.07) is 8.29. The summed E-state index contributed by atoms with van der Waals surface area (Å²) in [4.78, 5) is 35.3. The first-order valence-corrected chi connectivity index (χ1v) is 12.6. The van der Waals surface area contributed by atoms with E-state index in [4.69, 9.17) is 30.9 Å². The van der Waals surface area contributed by atoms with Crippen LogP contribution in [0.25, 0.3) is 0 Å². The largest absolute Gasteiger partial charge is 0.493 e. The van der Waals surface area contributed by atoms with Crippen molar-refractivity contribution in [2.75, 3.05) is 13.2 Å². The lowest BCUT2D eigenvalue weighted by Gasteiger charge is -2.16. The maximum atomic E-state index is 12.8. The monoisotopic (exact) mass is 609 g/mol. The van der Waals surface area contributed by atoms with Crippen molar-refractivity contribution >= 4 is 33.6 Å². The third kappa shape index (κ3) is 12.4. The van der Waals surface area contributed by atoms with Gasteiger partial charge in [-0.1, -0.05) is 18.2 Å². The number of nitrogens with two attached hydrogens (primary N) is 2. The third-order valence-electron chi connectivity index (χ3n) is 4.69. The van der Waals surface area contributed by atoms with Crippen LogP contribution < -0.4 is 20.9 Å². The van der Waals surface area contributed by atoms with Crippen LogP contribution in [-0.2, 0) is 30.9 Å². The van der Waals surface area contributed by atoms with Crippen LogP contribution >= 0.6 is 0 Å². The van der Waals surface area contributed by atoms with E-state index in [1.807, 2.05) is 0 Å². The number of carboxylic acid groups (broad SMARTS) is 2. The highest BCUT2D eigenvalue weighted by Gasteiger charge is 2.38. The van der Waals surface area contributed by atoms with Crippen LogP contribution in [0.5, 0.6) is 5.75 Å². The van der Waals surface area contributed by atoms with E-state index >= 15 is 0 Å². The van der Waals surface area contributed by atoms with Crippen molar-refractivity contribution < 1.29 is 55.9 Å². The number of hydrogen-bond acceptors (Lipinski definition) is 9. The zero-order valence-corrected chi connectivity index (χ0v) is 22.0. The Morgan fingerprint density at radius 1 is 1.12 bits per heavy atom. The molecule has 2 rings (SSSR count). The summed E-state index contributed by atoms with van der Waals surface area (Å²) >= 11 is 0. The van der Waals surface area contributed by atoms with Gasteiger partial charge in [0.05, 0.1) is 16.4 Å². The Kier molecular flexibility index (Phi) is 12.8. The minimum absolute atomic E-state index is 0.158. The number of rotatable bonds is 13. The Labute approximate surface area is 230 Å². The second-order valence-corrected chi connectivity index (χ2v) is 9.60. The van der Waals surface area contributed by atoms with Crippen LogP contribution in [0.2, 0.25) is 0 Å². The van der Waals surface area contributed by atoms with Gasteiger partial charge in [-0.25, -0.2) is 13.2 Å². The summed E-state index contributed by atoms with van der Waals surface area (Å²) in [6.07, 6.45) is -4.73. The van der Waals surface area contributed by atoms with Gasteiger partial charge in [0.2, 0.25) is 16.0 Å². The van der Waals surface area contributed by atoms with Crippen LogP contribution in [0.15, 0.2) is 52.5 Å². The van der Waals surface area contributed by atoms with Gasteiger partial charge in [-0.3, -0.25) is 14.9 Å². The highest BCUT2D eigenvalue weighted by Crippen LogP contribution is 2.22. The van der Waals surface area contributed by atoms with Crippen LogP contribution in [0.1, 0.15) is 17.5 Å². The number of aliphatic carboxylic acids is 2. The van der Waals surface area contributed by atoms with E-state index in [0.29, 0.717) is 24.3 Å². The van der Waals surface area contributed by atoms with Gasteiger partial charge in [0.25, 0.3) is 5.69 Å². The van der Waals surface area contributed by atoms with Gasteiger partial charge >= 0.3 is 18.1 Å². The minimum atomic E-state index is -5.08. The fraction of sp³-hybridized carbons (Fsp3) is 0.318. The molecular formula is C22H26F3N5O10S. The second-order valence-electron chi connectivity index (χ2n) is 7.92. The normalized spacial score (nSPS) is 11.8. The SMILES string of the molecule is Cc1ccc([N+](=O)[O-])cc1S(=O)(=O)N[C@@H](Cc1ccc(OCCCON=C(N)N)cc1)C(=O)O.O=C(O)C(F)(F)F. The van der Waals surface area contributed by atoms with Gasteiger partial charge in [-0.15, -0.1) is 0 Å². The third-order valence-corrected chi connectivity index (χ3v) is 6.31. The van der Waals surface area contributed by atoms with Crippen molar-refractivity contribution in [1.82, 2.24) is 4.72 Å². The second kappa shape index (κ2) is 15.2. The molecule has 0 aliphatic carbocycles. The van der Waals surface area contributed by atoms with Crippen LogP contribution in [0, 0.1) is 17.0 Å². The van der Waals surface area contributed by atoms with E-state index in [9.17, 15) is 41.6 Å². The minimum Gasteiger partial charge on any atom is -0.493 e. The molecular weight excluding hydrogens is 583 g/mol. The Morgan fingerprint density at radius 3 is 2.20 bits per heavy atom. The molecule has 0 saturated carbocycles. The van der Waals surface area contributed by atoms with Crippen LogP contribution in [0.3, 0.4) is 0 Å². The van der Waals surface area contributed by atoms with E-state index < -0.39 is 44.8 Å². The highest BCUT2D eigenvalue weighted by atomic mass is 32.2. The molecule has 2 aromatic rings. The number of nitrogens with zero attached hydrogens (tertiary/aromatic N) is 2. The topological polar surface area (TPSA) is 247 Å². The first-order chi connectivity index (χ1) is 18.9. The van der Waals surface area contributed by atoms with Gasteiger partial charge in [0.1, 0.15) is 18.4 Å². The number of nitro benzene ring substituents is 1. The average Bonchev–Trinajstić information content (AvgIpc) is 2.86. The molecule has 0 spiro atoms. The van der Waals surface area contributed by atoms with Crippen molar-refractivity contribution in [2.24, 2.45) is 16.6 Å². The number of guanidine groups is 1. The molecule has 1 atom stereocenters. The molecule has 0 fully saturated rings. The molecule has 0 heterocycles. The van der Waals surface area contributed by atoms with Crippen molar-refractivity contribution in [3.05, 3.63) is 63.7 Å². The van der Waals surface area contributed by atoms with Crippen molar-refractivity contribution in [1.29, 1.82) is 0 Å². The van der Waals surface area contributed by atoms with Crippen LogP contribution in [0.4, 0.5) is 18.9 Å². The number of ether oxygens (including phenoxy) is 1. The number of carbonyl (C=O) groups is 2. The van der Waals surface area contributed by atoms with Crippen molar-refractivity contribution in [3.8, 4) is 5.75 Å². The molecule has 0 radical (unpaired) electrons. The molecule has 0 unspecified atom stereocenters. The van der Waals surface area contributed by atoms with Gasteiger partial charge in [0, 0.05) is 18.6 Å². The molecule has 226 valence electrons. The number of aryl methyl sites for hydroxylation is 1. The zero-order chi connectivity index (χ0) is 31.4. The fourth-order valence-electron chi connectivity index (χ4n) is 2.81. The predicted octanol–water partition coefficient (Wildman–Crippen LogP) is 1.48.